The summed E-state index contributed by atoms with van der Waals surface area (Å²) >= 11 is 3.53. The van der Waals surface area contributed by atoms with Crippen molar-refractivity contribution in [1.29, 1.82) is 0 Å². The molecule has 0 aromatic heterocycles. The van der Waals surface area contributed by atoms with Gasteiger partial charge in [0.1, 0.15) is 5.75 Å². The lowest BCUT2D eigenvalue weighted by Gasteiger charge is -2.16. The first-order valence-electron chi connectivity index (χ1n) is 7.32. The zero-order chi connectivity index (χ0) is 15.2. The lowest BCUT2D eigenvalue weighted by Crippen LogP contribution is -2.09. The molecule has 0 spiro atoms. The van der Waals surface area contributed by atoms with Gasteiger partial charge in [-0.25, -0.2) is 0 Å². The molecule has 2 aromatic rings. The third-order valence-electron chi connectivity index (χ3n) is 3.56. The van der Waals surface area contributed by atoms with Crippen molar-refractivity contribution in [1.82, 2.24) is 0 Å². The van der Waals surface area contributed by atoms with E-state index in [9.17, 15) is 0 Å². The quantitative estimate of drug-likeness (QED) is 0.674. The first-order chi connectivity index (χ1) is 10.8. The van der Waals surface area contributed by atoms with E-state index >= 15 is 0 Å². The van der Waals surface area contributed by atoms with Gasteiger partial charge in [-0.1, -0.05) is 72.8 Å². The minimum absolute atomic E-state index is 0.218. The molecule has 0 heterocycles. The van der Waals surface area contributed by atoms with E-state index in [2.05, 4.69) is 70.6 Å². The summed E-state index contributed by atoms with van der Waals surface area (Å²) in [5.74, 6) is 1.09. The predicted octanol–water partition coefficient (Wildman–Crippen LogP) is 5.66. The molecule has 3 rings (SSSR count). The van der Waals surface area contributed by atoms with Gasteiger partial charge in [-0.2, -0.15) is 0 Å². The molecule has 1 nitrogen and oxygen atoms in total. The Hall–Kier alpha value is -2.06. The Morgan fingerprint density at radius 2 is 1.59 bits per heavy atom. The van der Waals surface area contributed by atoms with E-state index in [0.717, 1.165) is 10.2 Å². The fourth-order valence-electron chi connectivity index (χ4n) is 2.41. The van der Waals surface area contributed by atoms with Crippen molar-refractivity contribution in [3.8, 4) is 5.75 Å². The van der Waals surface area contributed by atoms with E-state index in [0.29, 0.717) is 6.61 Å². The number of allylic oxidation sites excluding steroid dienone is 5. The highest BCUT2D eigenvalue weighted by Crippen LogP contribution is 2.27. The first-order valence-corrected chi connectivity index (χ1v) is 8.11. The Labute approximate surface area is 139 Å². The molecule has 22 heavy (non-hydrogen) atoms. The van der Waals surface area contributed by atoms with Crippen LogP contribution in [0.15, 0.2) is 95.0 Å². The lowest BCUT2D eigenvalue weighted by atomic mass is 9.97. The average molecular weight is 353 g/mol. The van der Waals surface area contributed by atoms with Crippen LogP contribution >= 0.6 is 15.9 Å². The third-order valence-corrected chi connectivity index (χ3v) is 4.22. The Balaban J connectivity index is 1.80. The maximum atomic E-state index is 6.02. The van der Waals surface area contributed by atoms with Gasteiger partial charge in [0, 0.05) is 5.92 Å². The van der Waals surface area contributed by atoms with Crippen molar-refractivity contribution in [2.75, 3.05) is 6.61 Å². The third kappa shape index (κ3) is 3.77. The van der Waals surface area contributed by atoms with Gasteiger partial charge >= 0.3 is 0 Å². The monoisotopic (exact) mass is 352 g/mol. The number of para-hydroxylation sites is 1. The number of halogens is 1. The molecule has 0 N–H and O–H groups in total. The molecule has 0 radical (unpaired) electrons. The van der Waals surface area contributed by atoms with Gasteiger partial charge in [0.2, 0.25) is 0 Å². The van der Waals surface area contributed by atoms with Gasteiger partial charge in [0.05, 0.1) is 11.1 Å². The molecule has 0 fully saturated rings. The smallest absolute Gasteiger partial charge is 0.133 e. The van der Waals surface area contributed by atoms with Gasteiger partial charge < -0.3 is 4.74 Å². The van der Waals surface area contributed by atoms with E-state index < -0.39 is 0 Å². The zero-order valence-corrected chi connectivity index (χ0v) is 13.7. The maximum absolute atomic E-state index is 6.02. The molecule has 0 aliphatic heterocycles. The zero-order valence-electron chi connectivity index (χ0n) is 12.2. The van der Waals surface area contributed by atoms with Crippen LogP contribution in [0.3, 0.4) is 0 Å². The topological polar surface area (TPSA) is 9.23 Å². The SMILES string of the molecule is Brc1ccccc1OCC(C=C1C=CC=C1)c1ccccc1. The molecule has 1 aliphatic rings. The van der Waals surface area contributed by atoms with E-state index in [1.807, 2.05) is 30.3 Å². The van der Waals surface area contributed by atoms with Gasteiger partial charge in [0.25, 0.3) is 0 Å². The van der Waals surface area contributed by atoms with Gasteiger partial charge in [-0.05, 0) is 39.2 Å². The van der Waals surface area contributed by atoms with Gasteiger partial charge in [-0.15, -0.1) is 0 Å². The van der Waals surface area contributed by atoms with Crippen LogP contribution in [-0.2, 0) is 0 Å². The molecular weight excluding hydrogens is 336 g/mol. The number of benzene rings is 2. The minimum Gasteiger partial charge on any atom is -0.491 e. The predicted molar refractivity (Wildman–Crippen MR) is 95.2 cm³/mol. The molecule has 0 bridgehead atoms. The molecule has 1 aliphatic carbocycles. The van der Waals surface area contributed by atoms with Crippen molar-refractivity contribution < 1.29 is 4.74 Å². The van der Waals surface area contributed by atoms with Crippen LogP contribution in [-0.4, -0.2) is 6.61 Å². The molecule has 1 unspecified atom stereocenters. The molecule has 0 saturated carbocycles. The van der Waals surface area contributed by atoms with Crippen LogP contribution in [0.4, 0.5) is 0 Å². The van der Waals surface area contributed by atoms with Crippen molar-refractivity contribution in [3.05, 3.63) is 101 Å². The lowest BCUT2D eigenvalue weighted by molar-refractivity contribution is 0.304. The second-order valence-electron chi connectivity index (χ2n) is 5.14. The van der Waals surface area contributed by atoms with Crippen LogP contribution in [0.1, 0.15) is 11.5 Å². The van der Waals surface area contributed by atoms with Crippen molar-refractivity contribution in [3.63, 3.8) is 0 Å². The van der Waals surface area contributed by atoms with Crippen LogP contribution in [0, 0.1) is 0 Å². The summed E-state index contributed by atoms with van der Waals surface area (Å²) in [6.45, 7) is 0.609. The molecule has 0 amide bonds. The van der Waals surface area contributed by atoms with Gasteiger partial charge in [-0.3, -0.25) is 0 Å². The Bertz CT molecular complexity index is 699. The highest BCUT2D eigenvalue weighted by molar-refractivity contribution is 9.10. The molecule has 110 valence electrons. The molecular formula is C20H17BrO. The van der Waals surface area contributed by atoms with E-state index in [1.54, 1.807) is 0 Å². The minimum atomic E-state index is 0.218. The maximum Gasteiger partial charge on any atom is 0.133 e. The summed E-state index contributed by atoms with van der Waals surface area (Å²) in [6, 6.07) is 18.4. The van der Waals surface area contributed by atoms with E-state index in [1.165, 1.54) is 11.1 Å². The molecule has 1 atom stereocenters. The van der Waals surface area contributed by atoms with Crippen LogP contribution in [0.5, 0.6) is 5.75 Å². The second kappa shape index (κ2) is 7.28. The summed E-state index contributed by atoms with van der Waals surface area (Å²) in [5, 5.41) is 0. The Kier molecular flexibility index (Phi) is 4.92. The van der Waals surface area contributed by atoms with Crippen molar-refractivity contribution in [2.45, 2.75) is 5.92 Å². The average Bonchev–Trinajstić information content (AvgIpc) is 3.07. The highest BCUT2D eigenvalue weighted by atomic mass is 79.9. The number of rotatable bonds is 5. The summed E-state index contributed by atoms with van der Waals surface area (Å²) in [4.78, 5) is 0. The fourth-order valence-corrected chi connectivity index (χ4v) is 2.81. The van der Waals surface area contributed by atoms with Crippen LogP contribution in [0.25, 0.3) is 0 Å². The largest absolute Gasteiger partial charge is 0.491 e. The van der Waals surface area contributed by atoms with E-state index in [4.69, 9.17) is 4.74 Å². The van der Waals surface area contributed by atoms with Crippen molar-refractivity contribution >= 4 is 15.9 Å². The van der Waals surface area contributed by atoms with E-state index in [-0.39, 0.29) is 5.92 Å². The molecule has 0 saturated heterocycles. The Morgan fingerprint density at radius 3 is 2.32 bits per heavy atom. The normalized spacial score (nSPS) is 14.1. The summed E-state index contributed by atoms with van der Waals surface area (Å²) in [6.07, 6.45) is 10.6. The van der Waals surface area contributed by atoms with Crippen LogP contribution < -0.4 is 4.74 Å². The fraction of sp³-hybridized carbons (Fsp3) is 0.100. The number of ether oxygens (including phenoxy) is 1. The summed E-state index contributed by atoms with van der Waals surface area (Å²) in [7, 11) is 0. The van der Waals surface area contributed by atoms with Gasteiger partial charge in [0.15, 0.2) is 0 Å². The molecule has 2 aromatic carbocycles. The number of hydrogen-bond donors (Lipinski definition) is 0. The number of hydrogen-bond acceptors (Lipinski definition) is 1. The first kappa shape index (κ1) is 14.9. The van der Waals surface area contributed by atoms with Crippen LogP contribution in [0.2, 0.25) is 0 Å². The summed E-state index contributed by atoms with van der Waals surface area (Å²) in [5.41, 5.74) is 2.49. The summed E-state index contributed by atoms with van der Waals surface area (Å²) < 4.78 is 7.01. The Morgan fingerprint density at radius 1 is 0.909 bits per heavy atom. The molecule has 2 heteroatoms. The highest BCUT2D eigenvalue weighted by Gasteiger charge is 2.11. The van der Waals surface area contributed by atoms with Crippen molar-refractivity contribution in [2.24, 2.45) is 0 Å². The second-order valence-corrected chi connectivity index (χ2v) is 6.00. The standard InChI is InChI=1S/C20H17BrO/c21-19-12-6-7-13-20(19)22-15-18(14-16-8-4-5-9-16)17-10-2-1-3-11-17/h1-14,18H,15H2.